The molecule has 11 nitrogen and oxygen atoms in total. The van der Waals surface area contributed by atoms with E-state index in [1.807, 2.05) is 0 Å². The minimum absolute atomic E-state index is 0.0568. The van der Waals surface area contributed by atoms with Crippen molar-refractivity contribution in [1.29, 1.82) is 0 Å². The highest BCUT2D eigenvalue weighted by Crippen LogP contribution is 2.21. The Balaban J connectivity index is 2.30. The van der Waals surface area contributed by atoms with Gasteiger partial charge in [-0.05, 0) is 18.3 Å². The summed E-state index contributed by atoms with van der Waals surface area (Å²) in [6.45, 7) is 3.37. The van der Waals surface area contributed by atoms with Crippen LogP contribution in [0, 0.1) is 17.0 Å². The smallest absolute Gasteiger partial charge is 0.364 e. The van der Waals surface area contributed by atoms with Crippen LogP contribution in [0.1, 0.15) is 35.6 Å². The second-order valence-electron chi connectivity index (χ2n) is 5.15. The lowest BCUT2D eigenvalue weighted by atomic mass is 10.2. The molecule has 0 saturated carbocycles. The number of hydrogen-bond acceptors (Lipinski definition) is 6. The Morgan fingerprint density at radius 3 is 2.67 bits per heavy atom. The number of nitrogens with two attached hydrogens (primary N) is 1. The Morgan fingerprint density at radius 1 is 1.50 bits per heavy atom. The van der Waals surface area contributed by atoms with Crippen LogP contribution in [0.25, 0.3) is 0 Å². The minimum Gasteiger partial charge on any atom is -0.364 e. The van der Waals surface area contributed by atoms with Crippen molar-refractivity contribution in [3.63, 3.8) is 0 Å². The van der Waals surface area contributed by atoms with Gasteiger partial charge in [0.15, 0.2) is 6.04 Å². The molecule has 0 aromatic carbocycles. The van der Waals surface area contributed by atoms with E-state index in [2.05, 4.69) is 15.5 Å². The number of aromatic nitrogens is 4. The van der Waals surface area contributed by atoms with Gasteiger partial charge in [-0.1, -0.05) is 6.92 Å². The Morgan fingerprint density at radius 2 is 2.17 bits per heavy atom. The van der Waals surface area contributed by atoms with Gasteiger partial charge in [-0.25, -0.2) is 0 Å². The lowest BCUT2D eigenvalue weighted by Crippen LogP contribution is -2.28. The molecule has 2 rings (SSSR count). The maximum atomic E-state index is 12.5. The fourth-order valence-corrected chi connectivity index (χ4v) is 2.38. The number of nitro groups is 1. The first-order chi connectivity index (χ1) is 11.3. The van der Waals surface area contributed by atoms with Crippen LogP contribution >= 0.6 is 0 Å². The van der Waals surface area contributed by atoms with E-state index in [0.29, 0.717) is 12.1 Å². The summed E-state index contributed by atoms with van der Waals surface area (Å²) in [4.78, 5) is 34.2. The Bertz CT molecular complexity index is 807. The summed E-state index contributed by atoms with van der Waals surface area (Å²) in [5.74, 6) is -1.55. The van der Waals surface area contributed by atoms with Gasteiger partial charge in [0.05, 0.1) is 28.7 Å². The number of nitrogens with zero attached hydrogens (tertiary/aromatic N) is 5. The second-order valence-corrected chi connectivity index (χ2v) is 5.15. The first kappa shape index (κ1) is 17.1. The topological polar surface area (TPSA) is 151 Å². The zero-order chi connectivity index (χ0) is 18.0. The molecule has 24 heavy (non-hydrogen) atoms. The third-order valence-corrected chi connectivity index (χ3v) is 3.51. The van der Waals surface area contributed by atoms with Crippen LogP contribution in [0.4, 0.5) is 11.5 Å². The van der Waals surface area contributed by atoms with Crippen LogP contribution in [0.15, 0.2) is 12.3 Å². The van der Waals surface area contributed by atoms with Gasteiger partial charge in [-0.3, -0.25) is 14.3 Å². The van der Waals surface area contributed by atoms with Crippen molar-refractivity contribution < 1.29 is 14.5 Å². The highest BCUT2D eigenvalue weighted by atomic mass is 16.6. The van der Waals surface area contributed by atoms with Crippen LogP contribution in [0.5, 0.6) is 0 Å². The van der Waals surface area contributed by atoms with E-state index in [1.54, 1.807) is 13.8 Å². The number of carbonyl (C=O) groups excluding carboxylic acids is 2. The second kappa shape index (κ2) is 6.48. The third-order valence-electron chi connectivity index (χ3n) is 3.51. The quantitative estimate of drug-likeness (QED) is 0.580. The van der Waals surface area contributed by atoms with Gasteiger partial charge >= 0.3 is 5.82 Å². The Hall–Kier alpha value is -3.24. The molecule has 2 aromatic rings. The summed E-state index contributed by atoms with van der Waals surface area (Å²) in [7, 11) is 1.52. The van der Waals surface area contributed by atoms with Gasteiger partial charge in [-0.15, -0.1) is 0 Å². The van der Waals surface area contributed by atoms with E-state index in [1.165, 1.54) is 28.7 Å². The molecule has 0 aliphatic rings. The molecule has 1 unspecified atom stereocenters. The number of aryl methyl sites for hydroxylation is 2. The molecule has 11 heteroatoms. The first-order valence-electron chi connectivity index (χ1n) is 7.09. The van der Waals surface area contributed by atoms with E-state index in [-0.39, 0.29) is 17.2 Å². The van der Waals surface area contributed by atoms with E-state index >= 15 is 0 Å². The zero-order valence-corrected chi connectivity index (χ0v) is 13.4. The predicted octanol–water partition coefficient (Wildman–Crippen LogP) is 0.522. The van der Waals surface area contributed by atoms with E-state index < -0.39 is 22.8 Å². The maximum Gasteiger partial charge on any atom is 0.390 e. The standard InChI is InChI=1S/C13H17N7O4/c1-4-9(19-7(2)5-10(17-19)20(23)24)13(22)16-8-6-15-18(3)11(8)12(14)21/h5-6,9H,4H2,1-3H3,(H2,14,21)(H,16,22). The number of carbonyl (C=O) groups is 2. The number of anilines is 1. The summed E-state index contributed by atoms with van der Waals surface area (Å²) in [5.41, 5.74) is 5.98. The number of hydrogen-bond donors (Lipinski definition) is 2. The third kappa shape index (κ3) is 3.09. The summed E-state index contributed by atoms with van der Waals surface area (Å²) < 4.78 is 2.54. The molecular weight excluding hydrogens is 318 g/mol. The molecule has 0 aliphatic heterocycles. The van der Waals surface area contributed by atoms with Crippen molar-refractivity contribution in [1.82, 2.24) is 19.6 Å². The molecule has 0 aliphatic carbocycles. The Kier molecular flexibility index (Phi) is 4.62. The fraction of sp³-hybridized carbons (Fsp3) is 0.385. The first-order valence-corrected chi connectivity index (χ1v) is 7.09. The molecule has 0 radical (unpaired) electrons. The molecule has 1 atom stereocenters. The lowest BCUT2D eigenvalue weighted by molar-refractivity contribution is -0.389. The van der Waals surface area contributed by atoms with E-state index in [0.717, 1.165) is 0 Å². The van der Waals surface area contributed by atoms with Crippen LogP contribution in [0.2, 0.25) is 0 Å². The average molecular weight is 335 g/mol. The molecule has 2 amide bonds. The largest absolute Gasteiger partial charge is 0.390 e. The summed E-state index contributed by atoms with van der Waals surface area (Å²) >= 11 is 0. The minimum atomic E-state index is -0.778. The fourth-order valence-electron chi connectivity index (χ4n) is 2.38. The van der Waals surface area contributed by atoms with Gasteiger partial charge in [0.25, 0.3) is 11.8 Å². The maximum absolute atomic E-state index is 12.5. The van der Waals surface area contributed by atoms with E-state index in [9.17, 15) is 19.7 Å². The molecular formula is C13H17N7O4. The van der Waals surface area contributed by atoms with Crippen LogP contribution < -0.4 is 11.1 Å². The molecule has 0 fully saturated rings. The molecule has 128 valence electrons. The normalized spacial score (nSPS) is 12.0. The molecule has 2 aromatic heterocycles. The molecule has 0 saturated heterocycles. The number of primary amides is 1. The summed E-state index contributed by atoms with van der Waals surface area (Å²) in [6.07, 6.45) is 1.65. The molecule has 0 spiro atoms. The van der Waals surface area contributed by atoms with Crippen LogP contribution in [0.3, 0.4) is 0 Å². The monoisotopic (exact) mass is 335 g/mol. The lowest BCUT2D eigenvalue weighted by Gasteiger charge is -2.14. The number of amides is 2. The van der Waals surface area contributed by atoms with Crippen molar-refractivity contribution in [3.05, 3.63) is 33.8 Å². The Labute approximate surface area is 136 Å². The number of nitrogens with one attached hydrogen (secondary N) is 1. The van der Waals surface area contributed by atoms with Gasteiger partial charge in [0, 0.05) is 7.05 Å². The van der Waals surface area contributed by atoms with Gasteiger partial charge in [0.1, 0.15) is 5.69 Å². The van der Waals surface area contributed by atoms with Gasteiger partial charge < -0.3 is 21.2 Å². The zero-order valence-electron chi connectivity index (χ0n) is 13.4. The van der Waals surface area contributed by atoms with Crippen molar-refractivity contribution in [2.24, 2.45) is 12.8 Å². The van der Waals surface area contributed by atoms with E-state index in [4.69, 9.17) is 5.73 Å². The number of rotatable bonds is 6. The molecule has 3 N–H and O–H groups in total. The molecule has 0 bridgehead atoms. The van der Waals surface area contributed by atoms with Crippen LogP contribution in [-0.2, 0) is 11.8 Å². The van der Waals surface area contributed by atoms with Gasteiger partial charge in [-0.2, -0.15) is 9.78 Å². The SMILES string of the molecule is CCC(C(=O)Nc1cnn(C)c1C(N)=O)n1nc([N+](=O)[O-])cc1C. The van der Waals surface area contributed by atoms with Crippen molar-refractivity contribution in [2.45, 2.75) is 26.3 Å². The van der Waals surface area contributed by atoms with Crippen molar-refractivity contribution in [2.75, 3.05) is 5.32 Å². The predicted molar refractivity (Wildman–Crippen MR) is 83.3 cm³/mol. The summed E-state index contributed by atoms with van der Waals surface area (Å²) in [6, 6.07) is 0.508. The molecule has 2 heterocycles. The van der Waals surface area contributed by atoms with Crippen LogP contribution in [-0.4, -0.2) is 36.3 Å². The van der Waals surface area contributed by atoms with Gasteiger partial charge in [0.2, 0.25) is 0 Å². The average Bonchev–Trinajstić information content (AvgIpc) is 3.04. The van der Waals surface area contributed by atoms with Crippen molar-refractivity contribution >= 4 is 23.3 Å². The van der Waals surface area contributed by atoms with Crippen molar-refractivity contribution in [3.8, 4) is 0 Å². The highest BCUT2D eigenvalue weighted by molar-refractivity contribution is 6.02. The highest BCUT2D eigenvalue weighted by Gasteiger charge is 2.28. The summed E-state index contributed by atoms with van der Waals surface area (Å²) in [5, 5.41) is 21.1.